The Morgan fingerprint density at radius 3 is 2.72 bits per heavy atom. The lowest BCUT2D eigenvalue weighted by molar-refractivity contribution is 0.0939. The average molecular weight is 429 g/mol. The van der Waals surface area contributed by atoms with Gasteiger partial charge in [-0.15, -0.1) is 0 Å². The molecule has 162 valence electrons. The van der Waals surface area contributed by atoms with Crippen LogP contribution in [0, 0.1) is 0 Å². The largest absolute Gasteiger partial charge is 0.487 e. The van der Waals surface area contributed by atoms with E-state index in [0.717, 1.165) is 22.7 Å². The van der Waals surface area contributed by atoms with Gasteiger partial charge in [-0.05, 0) is 61.0 Å². The number of nitrogens with zero attached hydrogens (tertiary/aromatic N) is 2. The lowest BCUT2D eigenvalue weighted by Gasteiger charge is -2.21. The first-order chi connectivity index (χ1) is 15.7. The molecule has 7 heteroatoms. The second-order valence-corrected chi connectivity index (χ2v) is 7.61. The summed E-state index contributed by atoms with van der Waals surface area (Å²) >= 11 is 0. The first-order valence-corrected chi connectivity index (χ1v) is 10.5. The van der Waals surface area contributed by atoms with Crippen molar-refractivity contribution in [3.05, 3.63) is 89.9 Å². The van der Waals surface area contributed by atoms with E-state index >= 15 is 0 Å². The van der Waals surface area contributed by atoms with Gasteiger partial charge in [0.25, 0.3) is 5.91 Å². The number of amides is 1. The van der Waals surface area contributed by atoms with Crippen LogP contribution in [0.2, 0.25) is 0 Å². The van der Waals surface area contributed by atoms with Crippen molar-refractivity contribution in [2.75, 3.05) is 13.2 Å². The molecule has 32 heavy (non-hydrogen) atoms. The maximum Gasteiger partial charge on any atom is 0.251 e. The van der Waals surface area contributed by atoms with Crippen molar-refractivity contribution in [3.8, 4) is 17.2 Å². The molecule has 0 saturated carbocycles. The fourth-order valence-electron chi connectivity index (χ4n) is 3.61. The highest BCUT2D eigenvalue weighted by Gasteiger charge is 2.16. The van der Waals surface area contributed by atoms with E-state index in [0.29, 0.717) is 36.9 Å². The number of ether oxygens (including phenoxy) is 3. The van der Waals surface area contributed by atoms with Crippen molar-refractivity contribution in [1.82, 2.24) is 14.7 Å². The van der Waals surface area contributed by atoms with E-state index in [1.165, 1.54) is 0 Å². The minimum absolute atomic E-state index is 0.153. The summed E-state index contributed by atoms with van der Waals surface area (Å²) in [7, 11) is 0. The van der Waals surface area contributed by atoms with Crippen molar-refractivity contribution < 1.29 is 19.0 Å². The van der Waals surface area contributed by atoms with Crippen molar-refractivity contribution in [2.24, 2.45) is 0 Å². The molecule has 3 heterocycles. The van der Waals surface area contributed by atoms with Gasteiger partial charge in [0.05, 0.1) is 11.7 Å². The molecule has 7 nitrogen and oxygen atoms in total. The minimum Gasteiger partial charge on any atom is -0.487 e. The molecule has 0 saturated heterocycles. The molecular weight excluding hydrogens is 406 g/mol. The number of carbonyl (C=O) groups is 1. The summed E-state index contributed by atoms with van der Waals surface area (Å²) in [5.74, 6) is 1.97. The Kier molecular flexibility index (Phi) is 5.37. The maximum absolute atomic E-state index is 12.7. The molecular formula is C25H23N3O4. The zero-order valence-electron chi connectivity index (χ0n) is 17.7. The Balaban J connectivity index is 1.19. The highest BCUT2D eigenvalue weighted by Crippen LogP contribution is 2.32. The summed E-state index contributed by atoms with van der Waals surface area (Å²) in [6.45, 7) is 3.38. The van der Waals surface area contributed by atoms with Crippen LogP contribution in [0.15, 0.2) is 73.1 Å². The van der Waals surface area contributed by atoms with Gasteiger partial charge in [0.15, 0.2) is 11.5 Å². The van der Waals surface area contributed by atoms with E-state index in [1.807, 2.05) is 60.1 Å². The zero-order valence-corrected chi connectivity index (χ0v) is 17.7. The van der Waals surface area contributed by atoms with E-state index in [1.54, 1.807) is 24.3 Å². The van der Waals surface area contributed by atoms with Gasteiger partial charge in [0.1, 0.15) is 31.2 Å². The molecule has 0 unspecified atom stereocenters. The molecule has 0 radical (unpaired) electrons. The van der Waals surface area contributed by atoms with E-state index in [-0.39, 0.29) is 11.9 Å². The minimum atomic E-state index is -0.177. The number of benzene rings is 2. The van der Waals surface area contributed by atoms with Gasteiger partial charge >= 0.3 is 0 Å². The monoisotopic (exact) mass is 429 g/mol. The number of hydrogen-bond donors (Lipinski definition) is 1. The van der Waals surface area contributed by atoms with E-state index in [4.69, 9.17) is 14.2 Å². The van der Waals surface area contributed by atoms with Gasteiger partial charge in [-0.2, -0.15) is 0 Å². The van der Waals surface area contributed by atoms with Gasteiger partial charge in [-0.3, -0.25) is 4.79 Å². The van der Waals surface area contributed by atoms with Gasteiger partial charge in [-0.1, -0.05) is 12.1 Å². The topological polar surface area (TPSA) is 74.1 Å². The van der Waals surface area contributed by atoms with Crippen LogP contribution in [0.1, 0.15) is 34.6 Å². The SMILES string of the molecule is C[C@H](NC(=O)c1ccc(OCc2cn3ccccc3n2)cc1)c1ccc2c(c1)OCCO2. The van der Waals surface area contributed by atoms with Gasteiger partial charge < -0.3 is 23.9 Å². The molecule has 0 bridgehead atoms. The van der Waals surface area contributed by atoms with Crippen molar-refractivity contribution >= 4 is 11.6 Å². The summed E-state index contributed by atoms with van der Waals surface area (Å²) in [4.78, 5) is 17.2. The molecule has 0 aliphatic carbocycles. The summed E-state index contributed by atoms with van der Waals surface area (Å²) in [6.07, 6.45) is 3.89. The van der Waals surface area contributed by atoms with Crippen LogP contribution >= 0.6 is 0 Å². The first kappa shape index (κ1) is 19.9. The Bertz CT molecular complexity index is 1220. The number of carbonyl (C=O) groups excluding carboxylic acids is 1. The number of hydrogen-bond acceptors (Lipinski definition) is 5. The fraction of sp³-hybridized carbons (Fsp3) is 0.200. The lowest BCUT2D eigenvalue weighted by atomic mass is 10.1. The molecule has 1 atom stereocenters. The normalized spacial score (nSPS) is 13.5. The highest BCUT2D eigenvalue weighted by atomic mass is 16.6. The Morgan fingerprint density at radius 1 is 1.09 bits per heavy atom. The molecule has 0 fully saturated rings. The predicted octanol–water partition coefficient (Wildman–Crippen LogP) is 4.18. The number of imidazole rings is 1. The number of aromatic nitrogens is 2. The Hall–Kier alpha value is -4.00. The van der Waals surface area contributed by atoms with Crippen LogP contribution in [-0.2, 0) is 6.61 Å². The first-order valence-electron chi connectivity index (χ1n) is 10.5. The molecule has 2 aromatic carbocycles. The molecule has 5 rings (SSSR count). The third-order valence-electron chi connectivity index (χ3n) is 5.33. The summed E-state index contributed by atoms with van der Waals surface area (Å²) in [5, 5.41) is 3.02. The Labute approximate surface area is 185 Å². The van der Waals surface area contributed by atoms with Crippen LogP contribution in [0.5, 0.6) is 17.2 Å². The fourth-order valence-corrected chi connectivity index (χ4v) is 3.61. The van der Waals surface area contributed by atoms with Crippen LogP contribution in [0.3, 0.4) is 0 Å². The number of pyridine rings is 1. The highest BCUT2D eigenvalue weighted by molar-refractivity contribution is 5.94. The molecule has 0 spiro atoms. The summed E-state index contributed by atoms with van der Waals surface area (Å²) in [5.41, 5.74) is 3.24. The van der Waals surface area contributed by atoms with Crippen molar-refractivity contribution in [1.29, 1.82) is 0 Å². The third kappa shape index (κ3) is 4.23. The number of rotatable bonds is 6. The number of fused-ring (bicyclic) bond motifs is 2. The molecule has 2 aromatic heterocycles. The van der Waals surface area contributed by atoms with Gasteiger partial charge in [0, 0.05) is 18.0 Å². The van der Waals surface area contributed by atoms with Crippen LogP contribution in [-0.4, -0.2) is 28.5 Å². The van der Waals surface area contributed by atoms with Crippen LogP contribution in [0.25, 0.3) is 5.65 Å². The summed E-state index contributed by atoms with van der Waals surface area (Å²) < 4.78 is 19.0. The maximum atomic E-state index is 12.7. The standard InChI is InChI=1S/C25H23N3O4/c1-17(19-7-10-22-23(14-19)31-13-12-30-22)26-25(29)18-5-8-21(9-6-18)32-16-20-15-28-11-3-2-4-24(28)27-20/h2-11,14-15,17H,12-13,16H2,1H3,(H,26,29)/t17-/m0/s1. The van der Waals surface area contributed by atoms with Gasteiger partial charge in [-0.25, -0.2) is 4.98 Å². The van der Waals surface area contributed by atoms with Crippen LogP contribution in [0.4, 0.5) is 0 Å². The third-order valence-corrected chi connectivity index (χ3v) is 5.33. The molecule has 1 amide bonds. The number of nitrogens with one attached hydrogen (secondary N) is 1. The van der Waals surface area contributed by atoms with Crippen molar-refractivity contribution in [2.45, 2.75) is 19.6 Å². The molecule has 4 aromatic rings. The Morgan fingerprint density at radius 2 is 1.91 bits per heavy atom. The van der Waals surface area contributed by atoms with E-state index in [9.17, 15) is 4.79 Å². The van der Waals surface area contributed by atoms with Crippen molar-refractivity contribution in [3.63, 3.8) is 0 Å². The second kappa shape index (κ2) is 8.63. The molecule has 1 aliphatic rings. The van der Waals surface area contributed by atoms with E-state index < -0.39 is 0 Å². The van der Waals surface area contributed by atoms with Gasteiger partial charge in [0.2, 0.25) is 0 Å². The smallest absolute Gasteiger partial charge is 0.251 e. The quantitative estimate of drug-likeness (QED) is 0.498. The average Bonchev–Trinajstić information content (AvgIpc) is 3.26. The lowest BCUT2D eigenvalue weighted by Crippen LogP contribution is -2.26. The summed E-state index contributed by atoms with van der Waals surface area (Å²) in [6, 6.07) is 18.5. The zero-order chi connectivity index (χ0) is 21.9. The second-order valence-electron chi connectivity index (χ2n) is 7.61. The predicted molar refractivity (Wildman–Crippen MR) is 119 cm³/mol. The molecule has 1 aliphatic heterocycles. The van der Waals surface area contributed by atoms with Crippen LogP contribution < -0.4 is 19.5 Å². The molecule has 1 N–H and O–H groups in total. The van der Waals surface area contributed by atoms with E-state index in [2.05, 4.69) is 10.3 Å².